The van der Waals surface area contributed by atoms with Gasteiger partial charge in [-0.05, 0) is 24.3 Å². The molecule has 0 amide bonds. The minimum atomic E-state index is -0.923. The van der Waals surface area contributed by atoms with Crippen LogP contribution in [0.15, 0.2) is 36.4 Å². The van der Waals surface area contributed by atoms with E-state index in [1.165, 1.54) is 12.1 Å². The van der Waals surface area contributed by atoms with E-state index < -0.39 is 16.4 Å². The number of anilines is 2. The third kappa shape index (κ3) is 2.77. The Labute approximate surface area is 117 Å². The summed E-state index contributed by atoms with van der Waals surface area (Å²) in [6, 6.07) is 8.56. The second-order valence-corrected chi connectivity index (χ2v) is 4.40. The Hall–Kier alpha value is -1.85. The highest BCUT2D eigenvalue weighted by Gasteiger charge is 2.20. The van der Waals surface area contributed by atoms with Crippen LogP contribution in [0.5, 0.6) is 0 Å². The zero-order chi connectivity index (χ0) is 14.0. The molecule has 0 aliphatic rings. The number of hydrogen-bond acceptors (Lipinski definition) is 3. The fourth-order valence-corrected chi connectivity index (χ4v) is 1.89. The van der Waals surface area contributed by atoms with Crippen LogP contribution in [-0.2, 0) is 0 Å². The summed E-state index contributed by atoms with van der Waals surface area (Å²) in [6.07, 6.45) is 0. The van der Waals surface area contributed by atoms with Gasteiger partial charge in [-0.15, -0.1) is 0 Å². The molecule has 19 heavy (non-hydrogen) atoms. The molecule has 0 radical (unpaired) electrons. The molecule has 2 rings (SSSR count). The van der Waals surface area contributed by atoms with Crippen molar-refractivity contribution in [3.05, 3.63) is 62.4 Å². The minimum Gasteiger partial charge on any atom is -0.349 e. The molecule has 0 aliphatic carbocycles. The zero-order valence-corrected chi connectivity index (χ0v) is 10.9. The minimum absolute atomic E-state index is 0.00849. The first-order chi connectivity index (χ1) is 9.00. The molecular formula is C12H7Cl2FN2O2. The van der Waals surface area contributed by atoms with Crippen molar-refractivity contribution in [2.24, 2.45) is 0 Å². The van der Waals surface area contributed by atoms with Crippen LogP contribution < -0.4 is 5.32 Å². The third-order valence-electron chi connectivity index (χ3n) is 2.39. The predicted molar refractivity (Wildman–Crippen MR) is 72.8 cm³/mol. The summed E-state index contributed by atoms with van der Waals surface area (Å²) < 4.78 is 13.4. The molecule has 0 saturated heterocycles. The number of halogens is 3. The van der Waals surface area contributed by atoms with E-state index in [9.17, 15) is 14.5 Å². The van der Waals surface area contributed by atoms with Gasteiger partial charge in [-0.2, -0.15) is 4.39 Å². The Morgan fingerprint density at radius 2 is 1.74 bits per heavy atom. The predicted octanol–water partition coefficient (Wildman–Crippen LogP) is 4.78. The van der Waals surface area contributed by atoms with E-state index in [0.29, 0.717) is 10.7 Å². The molecule has 0 aliphatic heterocycles. The van der Waals surface area contributed by atoms with Crippen molar-refractivity contribution >= 4 is 40.3 Å². The fraction of sp³-hybridized carbons (Fsp3) is 0. The van der Waals surface area contributed by atoms with Crippen LogP contribution in [0.1, 0.15) is 0 Å². The smallest absolute Gasteiger partial charge is 0.327 e. The maximum atomic E-state index is 13.4. The second kappa shape index (κ2) is 5.42. The number of para-hydroxylation sites is 1. The van der Waals surface area contributed by atoms with Crippen molar-refractivity contribution in [2.45, 2.75) is 0 Å². The lowest BCUT2D eigenvalue weighted by molar-refractivity contribution is -0.386. The number of nitrogens with zero attached hydrogens (tertiary/aromatic N) is 1. The second-order valence-electron chi connectivity index (χ2n) is 3.62. The van der Waals surface area contributed by atoms with E-state index in [-0.39, 0.29) is 10.7 Å². The molecule has 0 bridgehead atoms. The number of hydrogen-bond donors (Lipinski definition) is 1. The van der Waals surface area contributed by atoms with Gasteiger partial charge >= 0.3 is 5.69 Å². The number of benzene rings is 2. The highest BCUT2D eigenvalue weighted by Crippen LogP contribution is 2.35. The Morgan fingerprint density at radius 1 is 1.11 bits per heavy atom. The largest absolute Gasteiger partial charge is 0.349 e. The van der Waals surface area contributed by atoms with Crippen LogP contribution >= 0.6 is 23.2 Å². The summed E-state index contributed by atoms with van der Waals surface area (Å²) in [5, 5.41) is 14.1. The van der Waals surface area contributed by atoms with E-state index in [2.05, 4.69) is 5.32 Å². The van der Waals surface area contributed by atoms with Crippen LogP contribution in [0.2, 0.25) is 10.0 Å². The Bertz CT molecular complexity index is 650. The maximum Gasteiger partial charge on any atom is 0.327 e. The lowest BCUT2D eigenvalue weighted by atomic mass is 10.2. The summed E-state index contributed by atoms with van der Waals surface area (Å²) in [6.45, 7) is 0. The van der Waals surface area contributed by atoms with Gasteiger partial charge in [-0.25, -0.2) is 0 Å². The number of rotatable bonds is 3. The molecule has 0 saturated carbocycles. The molecule has 2 aromatic carbocycles. The summed E-state index contributed by atoms with van der Waals surface area (Å²) in [7, 11) is 0. The van der Waals surface area contributed by atoms with E-state index in [0.717, 1.165) is 6.07 Å². The standard InChI is InChI=1S/C12H7Cl2FN2O2/c13-7-3-1-5-9(11(7)14)16-10-6-2-4-8(15)12(10)17(18)19/h1-6,16H. The SMILES string of the molecule is O=[N+]([O-])c1c(F)cccc1Nc1cccc(Cl)c1Cl. The number of nitrogens with one attached hydrogen (secondary N) is 1. The van der Waals surface area contributed by atoms with Gasteiger partial charge in [-0.3, -0.25) is 10.1 Å². The van der Waals surface area contributed by atoms with Gasteiger partial charge in [0, 0.05) is 0 Å². The summed E-state index contributed by atoms with van der Waals surface area (Å²) in [4.78, 5) is 10.1. The molecule has 0 fully saturated rings. The lowest BCUT2D eigenvalue weighted by Gasteiger charge is -2.09. The molecule has 0 spiro atoms. The van der Waals surface area contributed by atoms with Gasteiger partial charge < -0.3 is 5.32 Å². The summed E-state index contributed by atoms with van der Waals surface area (Å²) in [5.74, 6) is -0.923. The third-order valence-corrected chi connectivity index (χ3v) is 3.21. The van der Waals surface area contributed by atoms with Crippen LogP contribution in [0.4, 0.5) is 21.5 Å². The molecule has 2 aromatic rings. The van der Waals surface area contributed by atoms with Gasteiger partial charge in [0.2, 0.25) is 5.82 Å². The monoisotopic (exact) mass is 300 g/mol. The molecule has 4 nitrogen and oxygen atoms in total. The van der Waals surface area contributed by atoms with Gasteiger partial charge in [-0.1, -0.05) is 35.3 Å². The van der Waals surface area contributed by atoms with Crippen LogP contribution in [0.3, 0.4) is 0 Å². The van der Waals surface area contributed by atoms with Gasteiger partial charge in [0.1, 0.15) is 5.69 Å². The van der Waals surface area contributed by atoms with Crippen molar-refractivity contribution in [1.29, 1.82) is 0 Å². The first kappa shape index (κ1) is 13.6. The van der Waals surface area contributed by atoms with Gasteiger partial charge in [0.25, 0.3) is 0 Å². The van der Waals surface area contributed by atoms with Crippen molar-refractivity contribution in [2.75, 3.05) is 5.32 Å². The van der Waals surface area contributed by atoms with E-state index in [4.69, 9.17) is 23.2 Å². The van der Waals surface area contributed by atoms with Gasteiger partial charge in [0.15, 0.2) is 0 Å². The summed E-state index contributed by atoms with van der Waals surface area (Å²) >= 11 is 11.8. The van der Waals surface area contributed by atoms with Gasteiger partial charge in [0.05, 0.1) is 20.7 Å². The molecule has 7 heteroatoms. The topological polar surface area (TPSA) is 55.2 Å². The van der Waals surface area contributed by atoms with Crippen molar-refractivity contribution < 1.29 is 9.31 Å². The van der Waals surface area contributed by atoms with E-state index >= 15 is 0 Å². The van der Waals surface area contributed by atoms with Crippen LogP contribution in [0, 0.1) is 15.9 Å². The average Bonchev–Trinajstić information content (AvgIpc) is 2.34. The first-order valence-electron chi connectivity index (χ1n) is 5.14. The average molecular weight is 301 g/mol. The highest BCUT2D eigenvalue weighted by atomic mass is 35.5. The molecule has 98 valence electrons. The number of nitro benzene ring substituents is 1. The van der Waals surface area contributed by atoms with Crippen molar-refractivity contribution in [1.82, 2.24) is 0 Å². The Kier molecular flexibility index (Phi) is 3.87. The Morgan fingerprint density at radius 3 is 2.42 bits per heavy atom. The molecule has 0 aromatic heterocycles. The molecule has 0 heterocycles. The zero-order valence-electron chi connectivity index (χ0n) is 9.36. The lowest BCUT2D eigenvalue weighted by Crippen LogP contribution is -2.00. The van der Waals surface area contributed by atoms with Crippen molar-refractivity contribution in [3.63, 3.8) is 0 Å². The Balaban J connectivity index is 2.47. The molecular weight excluding hydrogens is 294 g/mol. The summed E-state index contributed by atoms with van der Waals surface area (Å²) in [5.41, 5.74) is -0.268. The molecule has 0 unspecified atom stereocenters. The molecule has 1 N–H and O–H groups in total. The van der Waals surface area contributed by atoms with E-state index in [1.54, 1.807) is 18.2 Å². The number of nitro groups is 1. The fourth-order valence-electron chi connectivity index (χ4n) is 1.55. The quantitative estimate of drug-likeness (QED) is 0.655. The van der Waals surface area contributed by atoms with Crippen LogP contribution in [-0.4, -0.2) is 4.92 Å². The van der Waals surface area contributed by atoms with E-state index in [1.807, 2.05) is 0 Å². The highest BCUT2D eigenvalue weighted by molar-refractivity contribution is 6.43. The first-order valence-corrected chi connectivity index (χ1v) is 5.90. The normalized spacial score (nSPS) is 10.3. The molecule has 0 atom stereocenters. The van der Waals surface area contributed by atoms with Crippen molar-refractivity contribution in [3.8, 4) is 0 Å². The maximum absolute atomic E-state index is 13.4. The van der Waals surface area contributed by atoms with Crippen LogP contribution in [0.25, 0.3) is 0 Å².